The predicted octanol–water partition coefficient (Wildman–Crippen LogP) is 3.06. The average molecular weight is 666 g/mol. The highest BCUT2D eigenvalue weighted by Crippen LogP contribution is 2.41. The molecule has 2 heterocycles. The summed E-state index contributed by atoms with van der Waals surface area (Å²) in [5, 5.41) is 30.9. The van der Waals surface area contributed by atoms with Gasteiger partial charge in [-0.3, -0.25) is 14.2 Å². The van der Waals surface area contributed by atoms with Crippen LogP contribution >= 0.6 is 7.67 Å². The summed E-state index contributed by atoms with van der Waals surface area (Å²) >= 11 is 0. The first-order chi connectivity index (χ1) is 21.9. The lowest BCUT2D eigenvalue weighted by molar-refractivity contribution is -0.152. The fraction of sp³-hybridized carbons (Fsp3) is 0.700. The molecule has 5 N–H and O–H groups in total. The number of nitrogens with two attached hydrogens (primary N) is 1. The zero-order valence-corrected chi connectivity index (χ0v) is 28.2. The molecule has 1 saturated carbocycles. The molecule has 0 amide bonds. The summed E-state index contributed by atoms with van der Waals surface area (Å²) in [6.07, 6.45) is 5.53. The molecule has 2 unspecified atom stereocenters. The number of anilines is 1. The van der Waals surface area contributed by atoms with E-state index in [1.807, 2.05) is 19.9 Å². The van der Waals surface area contributed by atoms with Crippen LogP contribution in [0.4, 0.5) is 5.82 Å². The van der Waals surface area contributed by atoms with Crippen LogP contribution in [0.25, 0.3) is 5.52 Å². The van der Waals surface area contributed by atoms with Gasteiger partial charge in [-0.25, -0.2) is 19.7 Å². The predicted molar refractivity (Wildman–Crippen MR) is 169 cm³/mol. The summed E-state index contributed by atoms with van der Waals surface area (Å²) in [7, 11) is -3.11. The number of nitrogen functional groups attached to an aromatic ring is 1. The lowest BCUT2D eigenvalue weighted by Crippen LogP contribution is -2.50. The molecule has 16 heteroatoms. The van der Waals surface area contributed by atoms with Gasteiger partial charge in [0, 0.05) is 19.2 Å². The number of hydrogen-bond donors (Lipinski definition) is 4. The number of methoxy groups -OCH3 is 1. The van der Waals surface area contributed by atoms with E-state index in [0.717, 1.165) is 44.9 Å². The highest BCUT2D eigenvalue weighted by Gasteiger charge is 2.43. The molecular weight excluding hydrogens is 617 g/mol. The fourth-order valence-electron chi connectivity index (χ4n) is 5.18. The summed E-state index contributed by atoms with van der Waals surface area (Å²) < 4.78 is 38.1. The normalized spacial score (nSPS) is 18.7. The fourth-order valence-corrected chi connectivity index (χ4v) is 7.01. The van der Waals surface area contributed by atoms with Gasteiger partial charge in [0.1, 0.15) is 48.8 Å². The van der Waals surface area contributed by atoms with Gasteiger partial charge < -0.3 is 29.6 Å². The zero-order valence-electron chi connectivity index (χ0n) is 27.3. The smallest absolute Gasteiger partial charge is 0.342 e. The third kappa shape index (κ3) is 9.70. The third-order valence-electron chi connectivity index (χ3n) is 8.40. The topological polar surface area (TPSA) is 212 Å². The monoisotopic (exact) mass is 665 g/mol. The molecule has 0 bridgehead atoms. The van der Waals surface area contributed by atoms with Gasteiger partial charge in [-0.05, 0) is 57.6 Å². The number of carbonyl (C=O) groups is 2. The number of nitrogens with one attached hydrogen (secondary N) is 2. The van der Waals surface area contributed by atoms with Crippen LogP contribution in [0, 0.1) is 17.2 Å². The first-order valence-corrected chi connectivity index (χ1v) is 17.4. The second kappa shape index (κ2) is 17.2. The van der Waals surface area contributed by atoms with Crippen molar-refractivity contribution in [3.8, 4) is 6.07 Å². The number of hydrogen-bond acceptors (Lipinski definition) is 12. The Morgan fingerprint density at radius 2 is 1.83 bits per heavy atom. The lowest BCUT2D eigenvalue weighted by atomic mass is 9.95. The molecule has 15 nitrogen and oxygen atoms in total. The van der Waals surface area contributed by atoms with Crippen LogP contribution in [-0.4, -0.2) is 81.9 Å². The minimum Gasteiger partial charge on any atom is -0.464 e. The van der Waals surface area contributed by atoms with Crippen molar-refractivity contribution in [1.29, 1.82) is 5.26 Å². The Hall–Kier alpha value is -3.12. The minimum absolute atomic E-state index is 0.122. The Kier molecular flexibility index (Phi) is 13.9. The van der Waals surface area contributed by atoms with Crippen molar-refractivity contribution in [1.82, 2.24) is 24.8 Å². The number of rotatable bonds is 18. The van der Waals surface area contributed by atoms with Crippen molar-refractivity contribution in [2.75, 3.05) is 26.1 Å². The molecule has 46 heavy (non-hydrogen) atoms. The molecule has 256 valence electrons. The van der Waals surface area contributed by atoms with Crippen LogP contribution in [-0.2, 0) is 39.3 Å². The van der Waals surface area contributed by atoms with Gasteiger partial charge >= 0.3 is 19.6 Å². The summed E-state index contributed by atoms with van der Waals surface area (Å²) in [6, 6.07) is 3.04. The maximum absolute atomic E-state index is 14.3. The van der Waals surface area contributed by atoms with Gasteiger partial charge in [0.05, 0.1) is 6.61 Å². The number of aliphatic hydroxyl groups excluding tert-OH is 1. The van der Waals surface area contributed by atoms with Crippen molar-refractivity contribution in [2.24, 2.45) is 5.92 Å². The quantitative estimate of drug-likeness (QED) is 0.133. The molecule has 0 aromatic carbocycles. The molecule has 2 aromatic heterocycles. The summed E-state index contributed by atoms with van der Waals surface area (Å²) in [4.78, 5) is 29.8. The average Bonchev–Trinajstić information content (AvgIpc) is 3.46. The molecule has 0 aliphatic heterocycles. The Balaban J connectivity index is 1.79. The lowest BCUT2D eigenvalue weighted by Gasteiger charge is -2.33. The molecule has 0 radical (unpaired) electrons. The number of fused-ring (bicyclic) bond motifs is 1. The molecule has 2 aromatic rings. The second-order valence-electron chi connectivity index (χ2n) is 11.7. The number of carbonyl (C=O) groups excluding carboxylic acids is 2. The van der Waals surface area contributed by atoms with E-state index in [9.17, 15) is 24.5 Å². The highest BCUT2D eigenvalue weighted by atomic mass is 31.2. The van der Waals surface area contributed by atoms with Crippen molar-refractivity contribution in [3.63, 3.8) is 0 Å². The standard InChI is InChI=1S/C30H48N7O8P/c1-6-22(7-2)16-43-28(39)20(3)35-46(41,36-21(4)29(40)45-24-11-9-8-10-12-24)44-18-30(17-31,42-5)26(38)15-23-13-14-25-27(32)33-19-34-37(23)25/h13-14,19-22,24,26,38H,6-12,15-16,18H2,1-5H3,(H2,32,33,34)(H2,35,36,41)/t20-,21-,26-,30?,46?/m0/s1. The van der Waals surface area contributed by atoms with E-state index in [4.69, 9.17) is 24.5 Å². The van der Waals surface area contributed by atoms with Crippen LogP contribution in [0.3, 0.4) is 0 Å². The summed E-state index contributed by atoms with van der Waals surface area (Å²) in [6.45, 7) is 6.39. The maximum Gasteiger partial charge on any atom is 0.342 e. The van der Waals surface area contributed by atoms with Gasteiger partial charge in [-0.2, -0.15) is 10.4 Å². The molecule has 1 fully saturated rings. The Bertz CT molecular complexity index is 1390. The summed E-state index contributed by atoms with van der Waals surface area (Å²) in [5.41, 5.74) is 4.91. The van der Waals surface area contributed by atoms with Gasteiger partial charge in [0.2, 0.25) is 5.60 Å². The van der Waals surface area contributed by atoms with E-state index >= 15 is 0 Å². The Labute approximate surface area is 270 Å². The number of aromatic nitrogens is 3. The number of ether oxygens (including phenoxy) is 3. The maximum atomic E-state index is 14.3. The Morgan fingerprint density at radius 3 is 2.43 bits per heavy atom. The highest BCUT2D eigenvalue weighted by molar-refractivity contribution is 7.54. The first kappa shape index (κ1) is 37.3. The van der Waals surface area contributed by atoms with Crippen molar-refractivity contribution >= 4 is 30.9 Å². The van der Waals surface area contributed by atoms with E-state index in [1.165, 1.54) is 31.8 Å². The van der Waals surface area contributed by atoms with Gasteiger partial charge in [0.15, 0.2) is 5.82 Å². The van der Waals surface area contributed by atoms with Crippen LogP contribution < -0.4 is 15.9 Å². The molecule has 0 spiro atoms. The molecule has 3 rings (SSSR count). The van der Waals surface area contributed by atoms with E-state index in [0.29, 0.717) is 11.2 Å². The SMILES string of the molecule is CCC(CC)COC(=O)[C@H](C)NP(=O)(N[C@@H](C)C(=O)OC1CCCCC1)OCC(C#N)(OC)[C@@H](O)Cc1ccc2c(N)ncnn12. The van der Waals surface area contributed by atoms with E-state index in [2.05, 4.69) is 20.3 Å². The van der Waals surface area contributed by atoms with Gasteiger partial charge in [-0.1, -0.05) is 33.1 Å². The van der Waals surface area contributed by atoms with Crippen LogP contribution in [0.5, 0.6) is 0 Å². The van der Waals surface area contributed by atoms with Crippen LogP contribution in [0.1, 0.15) is 78.3 Å². The van der Waals surface area contributed by atoms with E-state index < -0.39 is 50.0 Å². The van der Waals surface area contributed by atoms with E-state index in [1.54, 1.807) is 12.1 Å². The number of esters is 2. The number of aliphatic hydroxyl groups is 1. The molecule has 5 atom stereocenters. The van der Waals surface area contributed by atoms with Gasteiger partial charge in [-0.15, -0.1) is 0 Å². The number of nitriles is 1. The second-order valence-corrected chi connectivity index (χ2v) is 13.6. The van der Waals surface area contributed by atoms with Crippen molar-refractivity contribution < 1.29 is 38.0 Å². The number of nitrogens with zero attached hydrogens (tertiary/aromatic N) is 4. The van der Waals surface area contributed by atoms with Crippen molar-refractivity contribution in [2.45, 2.75) is 109 Å². The third-order valence-corrected chi connectivity index (χ3v) is 10.3. The first-order valence-electron chi connectivity index (χ1n) is 15.8. The van der Waals surface area contributed by atoms with E-state index in [-0.39, 0.29) is 30.9 Å². The molecule has 1 aliphatic rings. The Morgan fingerprint density at radius 1 is 1.17 bits per heavy atom. The molecule has 0 saturated heterocycles. The van der Waals surface area contributed by atoms with Crippen LogP contribution in [0.15, 0.2) is 18.5 Å². The summed E-state index contributed by atoms with van der Waals surface area (Å²) in [5.74, 6) is -0.901. The van der Waals surface area contributed by atoms with Crippen LogP contribution in [0.2, 0.25) is 0 Å². The minimum atomic E-state index is -4.32. The zero-order chi connectivity index (χ0) is 33.9. The molecular formula is C30H48N7O8P. The molecule has 1 aliphatic carbocycles. The van der Waals surface area contributed by atoms with Crippen molar-refractivity contribution in [3.05, 3.63) is 24.2 Å². The van der Waals surface area contributed by atoms with Gasteiger partial charge in [0.25, 0.3) is 0 Å². The largest absolute Gasteiger partial charge is 0.464 e.